The summed E-state index contributed by atoms with van der Waals surface area (Å²) in [5.74, 6) is 1.38. The van der Waals surface area contributed by atoms with E-state index in [-0.39, 0.29) is 12.1 Å². The third-order valence-corrected chi connectivity index (χ3v) is 4.82. The molecule has 2 aromatic heterocycles. The van der Waals surface area contributed by atoms with E-state index in [1.165, 1.54) is 12.4 Å². The number of amides is 2. The minimum Gasteiger partial charge on any atom is -0.464 e. The Hall–Kier alpha value is -3.59. The summed E-state index contributed by atoms with van der Waals surface area (Å²) < 4.78 is 6.98. The number of fused-ring (bicyclic) bond motifs is 1. The molecule has 1 aliphatic rings. The van der Waals surface area contributed by atoms with Crippen LogP contribution in [0.3, 0.4) is 0 Å². The van der Waals surface area contributed by atoms with E-state index in [1.807, 2.05) is 0 Å². The number of nitrogens with one attached hydrogen (secondary N) is 1. The number of nitrogens with zero attached hydrogens (tertiary/aromatic N) is 3. The number of likely N-dealkylation sites (tertiary alicyclic amines) is 1. The summed E-state index contributed by atoms with van der Waals surface area (Å²) in [5.41, 5.74) is 0.569. The van der Waals surface area contributed by atoms with Gasteiger partial charge in [-0.2, -0.15) is 0 Å². The number of anilines is 1. The molecule has 1 aliphatic heterocycles. The fourth-order valence-electron chi connectivity index (χ4n) is 3.29. The Morgan fingerprint density at radius 1 is 1.10 bits per heavy atom. The zero-order valence-electron chi connectivity index (χ0n) is 15.5. The standard InChI is InChI=1S/C20H20N4O5/c25-14-5-8-23(9-6-14)19(26)22-18-12-16(3-7-21-18)29-15-1-2-17-13(11-15)4-10-24(17)20(27)28/h1-4,7,10-12,14,25H,5-6,8-9H2,(H,27,28)(H,21,22,26). The molecule has 4 rings (SSSR count). The van der Waals surface area contributed by atoms with Crippen LogP contribution >= 0.6 is 0 Å². The van der Waals surface area contributed by atoms with Crippen LogP contribution in [-0.4, -0.2) is 56.0 Å². The number of hydrogen-bond donors (Lipinski definition) is 3. The van der Waals surface area contributed by atoms with Crippen LogP contribution in [0.4, 0.5) is 15.4 Å². The minimum atomic E-state index is -1.05. The molecular weight excluding hydrogens is 376 g/mol. The first kappa shape index (κ1) is 18.8. The number of urea groups is 1. The van der Waals surface area contributed by atoms with Crippen molar-refractivity contribution in [1.29, 1.82) is 0 Å². The number of benzene rings is 1. The molecular formula is C20H20N4O5. The van der Waals surface area contributed by atoms with Crippen LogP contribution in [-0.2, 0) is 0 Å². The Morgan fingerprint density at radius 3 is 2.62 bits per heavy atom. The lowest BCUT2D eigenvalue weighted by atomic mass is 10.1. The lowest BCUT2D eigenvalue weighted by Crippen LogP contribution is -2.42. The first-order valence-electron chi connectivity index (χ1n) is 9.22. The first-order chi connectivity index (χ1) is 14.0. The summed E-state index contributed by atoms with van der Waals surface area (Å²) in [6.45, 7) is 0.998. The van der Waals surface area contributed by atoms with Gasteiger partial charge in [0.05, 0.1) is 11.6 Å². The van der Waals surface area contributed by atoms with Crippen LogP contribution < -0.4 is 10.1 Å². The number of piperidine rings is 1. The predicted octanol–water partition coefficient (Wildman–Crippen LogP) is 3.34. The molecule has 9 heteroatoms. The minimum absolute atomic E-state index is 0.266. The molecule has 3 heterocycles. The smallest absolute Gasteiger partial charge is 0.415 e. The average Bonchev–Trinajstić information content (AvgIpc) is 3.12. The first-order valence-corrected chi connectivity index (χ1v) is 9.22. The number of aliphatic hydroxyl groups is 1. The zero-order chi connectivity index (χ0) is 20.4. The Morgan fingerprint density at radius 2 is 1.86 bits per heavy atom. The van der Waals surface area contributed by atoms with Crippen LogP contribution in [0.15, 0.2) is 48.8 Å². The predicted molar refractivity (Wildman–Crippen MR) is 106 cm³/mol. The van der Waals surface area contributed by atoms with E-state index < -0.39 is 6.09 Å². The quantitative estimate of drug-likeness (QED) is 0.625. The van der Waals surface area contributed by atoms with Crippen molar-refractivity contribution >= 4 is 28.8 Å². The summed E-state index contributed by atoms with van der Waals surface area (Å²) >= 11 is 0. The van der Waals surface area contributed by atoms with E-state index in [2.05, 4.69) is 10.3 Å². The van der Waals surface area contributed by atoms with Crippen molar-refractivity contribution in [2.45, 2.75) is 18.9 Å². The largest absolute Gasteiger partial charge is 0.464 e. The number of hydrogen-bond acceptors (Lipinski definition) is 5. The lowest BCUT2D eigenvalue weighted by molar-refractivity contribution is 0.0972. The van der Waals surface area contributed by atoms with Crippen molar-refractivity contribution in [3.63, 3.8) is 0 Å². The topological polar surface area (TPSA) is 117 Å². The molecule has 0 atom stereocenters. The van der Waals surface area contributed by atoms with Gasteiger partial charge in [0.1, 0.15) is 17.3 Å². The highest BCUT2D eigenvalue weighted by atomic mass is 16.5. The molecule has 0 saturated carbocycles. The number of aromatic nitrogens is 2. The van der Waals surface area contributed by atoms with Gasteiger partial charge in [-0.05, 0) is 43.2 Å². The van der Waals surface area contributed by atoms with Crippen molar-refractivity contribution in [3.05, 3.63) is 48.8 Å². The van der Waals surface area contributed by atoms with Gasteiger partial charge in [0.15, 0.2) is 0 Å². The fourth-order valence-corrected chi connectivity index (χ4v) is 3.29. The molecule has 1 aromatic carbocycles. The Kier molecular flexibility index (Phi) is 5.05. The number of rotatable bonds is 3. The van der Waals surface area contributed by atoms with Crippen LogP contribution in [0.1, 0.15) is 12.8 Å². The summed E-state index contributed by atoms with van der Waals surface area (Å²) in [6, 6.07) is 9.81. The highest BCUT2D eigenvalue weighted by Crippen LogP contribution is 2.27. The molecule has 9 nitrogen and oxygen atoms in total. The summed E-state index contributed by atoms with van der Waals surface area (Å²) in [6.07, 6.45) is 2.75. The summed E-state index contributed by atoms with van der Waals surface area (Å²) in [7, 11) is 0. The number of carboxylic acid groups (broad SMARTS) is 1. The van der Waals surface area contributed by atoms with Gasteiger partial charge in [-0.3, -0.25) is 9.88 Å². The number of ether oxygens (including phenoxy) is 1. The number of carbonyl (C=O) groups excluding carboxylic acids is 1. The van der Waals surface area contributed by atoms with E-state index in [0.29, 0.717) is 48.8 Å². The van der Waals surface area contributed by atoms with Gasteiger partial charge in [-0.15, -0.1) is 0 Å². The van der Waals surface area contributed by atoms with Crippen molar-refractivity contribution in [2.24, 2.45) is 0 Å². The third kappa shape index (κ3) is 4.14. The normalized spacial score (nSPS) is 14.7. The van der Waals surface area contributed by atoms with Gasteiger partial charge in [-0.25, -0.2) is 14.6 Å². The van der Waals surface area contributed by atoms with Crippen LogP contribution in [0.25, 0.3) is 10.9 Å². The molecule has 3 aromatic rings. The number of carbonyl (C=O) groups is 2. The second kappa shape index (κ2) is 7.80. The maximum absolute atomic E-state index is 12.3. The zero-order valence-corrected chi connectivity index (χ0v) is 15.5. The third-order valence-electron chi connectivity index (χ3n) is 4.82. The molecule has 150 valence electrons. The maximum Gasteiger partial charge on any atom is 0.415 e. The molecule has 0 bridgehead atoms. The van der Waals surface area contributed by atoms with Crippen LogP contribution in [0.5, 0.6) is 11.5 Å². The highest BCUT2D eigenvalue weighted by molar-refractivity contribution is 5.90. The lowest BCUT2D eigenvalue weighted by Gasteiger charge is -2.29. The number of aliphatic hydroxyl groups excluding tert-OH is 1. The van der Waals surface area contributed by atoms with Gasteiger partial charge < -0.3 is 19.8 Å². The molecule has 1 fully saturated rings. The highest BCUT2D eigenvalue weighted by Gasteiger charge is 2.21. The van der Waals surface area contributed by atoms with E-state index in [0.717, 1.165) is 9.95 Å². The molecule has 3 N–H and O–H groups in total. The molecule has 29 heavy (non-hydrogen) atoms. The van der Waals surface area contributed by atoms with Crippen LogP contribution in [0.2, 0.25) is 0 Å². The van der Waals surface area contributed by atoms with Crippen molar-refractivity contribution in [2.75, 3.05) is 18.4 Å². The number of pyridine rings is 1. The monoisotopic (exact) mass is 396 g/mol. The molecule has 1 saturated heterocycles. The van der Waals surface area contributed by atoms with E-state index in [9.17, 15) is 14.7 Å². The SMILES string of the molecule is O=C(Nc1cc(Oc2ccc3c(ccn3C(=O)O)c2)ccn1)N1CCC(O)CC1. The second-order valence-corrected chi connectivity index (χ2v) is 6.82. The van der Waals surface area contributed by atoms with Gasteiger partial charge in [-0.1, -0.05) is 0 Å². The molecule has 0 unspecified atom stereocenters. The van der Waals surface area contributed by atoms with Gasteiger partial charge in [0.2, 0.25) is 0 Å². The van der Waals surface area contributed by atoms with Gasteiger partial charge >= 0.3 is 12.1 Å². The van der Waals surface area contributed by atoms with Crippen molar-refractivity contribution in [1.82, 2.24) is 14.5 Å². The Bertz CT molecular complexity index is 1060. The summed E-state index contributed by atoms with van der Waals surface area (Å²) in [5, 5.41) is 22.2. The van der Waals surface area contributed by atoms with E-state index in [1.54, 1.807) is 41.3 Å². The average molecular weight is 396 g/mol. The summed E-state index contributed by atoms with van der Waals surface area (Å²) in [4.78, 5) is 29.3. The molecule has 2 amide bonds. The van der Waals surface area contributed by atoms with Crippen molar-refractivity contribution in [3.8, 4) is 11.5 Å². The van der Waals surface area contributed by atoms with Gasteiger partial charge in [0.25, 0.3) is 0 Å². The van der Waals surface area contributed by atoms with Crippen LogP contribution in [0, 0.1) is 0 Å². The Balaban J connectivity index is 1.45. The maximum atomic E-state index is 12.3. The fraction of sp³-hybridized carbons (Fsp3) is 0.250. The molecule has 0 spiro atoms. The van der Waals surface area contributed by atoms with Crippen molar-refractivity contribution < 1.29 is 24.5 Å². The Labute approximate surface area is 166 Å². The molecule has 0 aliphatic carbocycles. The second-order valence-electron chi connectivity index (χ2n) is 6.82. The van der Waals surface area contributed by atoms with E-state index in [4.69, 9.17) is 9.84 Å². The molecule has 0 radical (unpaired) electrons. The van der Waals surface area contributed by atoms with E-state index >= 15 is 0 Å². The van der Waals surface area contributed by atoms with Gasteiger partial charge in [0, 0.05) is 36.9 Å².